The Morgan fingerprint density at radius 2 is 2.13 bits per heavy atom. The molecule has 1 heterocycles. The zero-order valence-corrected chi connectivity index (χ0v) is 8.94. The van der Waals surface area contributed by atoms with E-state index in [4.69, 9.17) is 0 Å². The van der Waals surface area contributed by atoms with Gasteiger partial charge in [0.1, 0.15) is 0 Å². The topological polar surface area (TPSA) is 32.3 Å². The molecule has 2 rings (SSSR count). The molecule has 3 nitrogen and oxygen atoms in total. The van der Waals surface area contributed by atoms with E-state index in [0.717, 1.165) is 12.2 Å². The van der Waals surface area contributed by atoms with Gasteiger partial charge in [-0.2, -0.15) is 0 Å². The highest BCUT2D eigenvalue weighted by Crippen LogP contribution is 2.26. The molecular formula is C12H16N2O. The first-order valence-corrected chi connectivity index (χ1v) is 5.28. The largest absolute Gasteiger partial charge is 0.329 e. The van der Waals surface area contributed by atoms with Crippen LogP contribution >= 0.6 is 0 Å². The first-order valence-electron chi connectivity index (χ1n) is 5.28. The van der Waals surface area contributed by atoms with Gasteiger partial charge in [-0.05, 0) is 43.6 Å². The lowest BCUT2D eigenvalue weighted by Gasteiger charge is -2.11. The van der Waals surface area contributed by atoms with E-state index in [1.807, 2.05) is 12.1 Å². The minimum Gasteiger partial charge on any atom is -0.329 e. The van der Waals surface area contributed by atoms with Gasteiger partial charge in [-0.1, -0.05) is 12.1 Å². The Labute approximate surface area is 90.1 Å². The van der Waals surface area contributed by atoms with Crippen LogP contribution in [0.4, 0.5) is 5.69 Å². The van der Waals surface area contributed by atoms with Gasteiger partial charge in [-0.25, -0.2) is 0 Å². The molecule has 1 amide bonds. The molecule has 1 saturated heterocycles. The number of nitrogens with one attached hydrogen (secondary N) is 1. The van der Waals surface area contributed by atoms with Gasteiger partial charge in [0.2, 0.25) is 6.41 Å². The van der Waals surface area contributed by atoms with Crippen LogP contribution in [0.2, 0.25) is 0 Å². The van der Waals surface area contributed by atoms with Crippen molar-refractivity contribution < 1.29 is 4.79 Å². The van der Waals surface area contributed by atoms with E-state index >= 15 is 0 Å². The maximum Gasteiger partial charge on any atom is 0.211 e. The molecule has 1 unspecified atom stereocenters. The predicted molar refractivity (Wildman–Crippen MR) is 61.0 cm³/mol. The average Bonchev–Trinajstić information content (AvgIpc) is 2.67. The third-order valence-corrected chi connectivity index (χ3v) is 3.00. The summed E-state index contributed by atoms with van der Waals surface area (Å²) in [7, 11) is 2.16. The molecule has 1 aliphatic rings. The Morgan fingerprint density at radius 1 is 1.40 bits per heavy atom. The second-order valence-corrected chi connectivity index (χ2v) is 4.13. The molecule has 1 aliphatic heterocycles. The Balaban J connectivity index is 2.06. The Morgan fingerprint density at radius 3 is 2.67 bits per heavy atom. The third-order valence-electron chi connectivity index (χ3n) is 3.00. The zero-order chi connectivity index (χ0) is 10.7. The summed E-state index contributed by atoms with van der Waals surface area (Å²) in [4.78, 5) is 12.6. The highest BCUT2D eigenvalue weighted by Gasteiger charge is 2.20. The minimum atomic E-state index is 0.653. The highest BCUT2D eigenvalue weighted by molar-refractivity contribution is 5.71. The lowest BCUT2D eigenvalue weighted by atomic mass is 9.98. The summed E-state index contributed by atoms with van der Waals surface area (Å²) < 4.78 is 0. The normalized spacial score (nSPS) is 21.5. The molecule has 0 aliphatic carbocycles. The van der Waals surface area contributed by atoms with Crippen molar-refractivity contribution in [3.8, 4) is 0 Å². The first-order chi connectivity index (χ1) is 7.29. The molecule has 80 valence electrons. The number of benzene rings is 1. The second-order valence-electron chi connectivity index (χ2n) is 4.13. The van der Waals surface area contributed by atoms with Crippen molar-refractivity contribution >= 4 is 12.1 Å². The van der Waals surface area contributed by atoms with Crippen molar-refractivity contribution in [2.45, 2.75) is 12.3 Å². The molecule has 0 bridgehead atoms. The number of anilines is 1. The quantitative estimate of drug-likeness (QED) is 0.760. The van der Waals surface area contributed by atoms with Crippen LogP contribution < -0.4 is 5.32 Å². The minimum absolute atomic E-state index is 0.653. The molecule has 0 radical (unpaired) electrons. The van der Waals surface area contributed by atoms with Crippen LogP contribution in [0.3, 0.4) is 0 Å². The van der Waals surface area contributed by atoms with Gasteiger partial charge in [0.15, 0.2) is 0 Å². The van der Waals surface area contributed by atoms with Crippen LogP contribution in [0.5, 0.6) is 0 Å². The van der Waals surface area contributed by atoms with Crippen molar-refractivity contribution in [1.82, 2.24) is 4.90 Å². The number of rotatable bonds is 3. The molecule has 1 aromatic rings. The number of hydrogen-bond acceptors (Lipinski definition) is 2. The van der Waals surface area contributed by atoms with Crippen LogP contribution in [0.1, 0.15) is 17.9 Å². The number of hydrogen-bond donors (Lipinski definition) is 1. The van der Waals surface area contributed by atoms with Crippen LogP contribution in [0, 0.1) is 0 Å². The van der Waals surface area contributed by atoms with E-state index in [1.54, 1.807) is 0 Å². The monoisotopic (exact) mass is 204 g/mol. The summed E-state index contributed by atoms with van der Waals surface area (Å²) in [6, 6.07) is 8.13. The molecule has 1 aromatic carbocycles. The van der Waals surface area contributed by atoms with Gasteiger partial charge in [-0.3, -0.25) is 4.79 Å². The van der Waals surface area contributed by atoms with Crippen LogP contribution in [0.15, 0.2) is 24.3 Å². The summed E-state index contributed by atoms with van der Waals surface area (Å²) in [6.07, 6.45) is 1.94. The fourth-order valence-electron chi connectivity index (χ4n) is 2.13. The Hall–Kier alpha value is -1.35. The van der Waals surface area contributed by atoms with E-state index < -0.39 is 0 Å². The van der Waals surface area contributed by atoms with Gasteiger partial charge in [-0.15, -0.1) is 0 Å². The summed E-state index contributed by atoms with van der Waals surface area (Å²) in [5.74, 6) is 0.653. The summed E-state index contributed by atoms with van der Waals surface area (Å²) in [5.41, 5.74) is 2.23. The molecule has 1 N–H and O–H groups in total. The van der Waals surface area contributed by atoms with Gasteiger partial charge in [0, 0.05) is 12.2 Å². The first kappa shape index (κ1) is 10.2. The van der Waals surface area contributed by atoms with E-state index in [-0.39, 0.29) is 0 Å². The smallest absolute Gasteiger partial charge is 0.211 e. The predicted octanol–water partition coefficient (Wildman–Crippen LogP) is 1.67. The number of likely N-dealkylation sites (N-methyl/N-ethyl adjacent to an activating group) is 1. The highest BCUT2D eigenvalue weighted by atomic mass is 16.1. The molecule has 1 atom stereocenters. The van der Waals surface area contributed by atoms with Crippen molar-refractivity contribution in [3.63, 3.8) is 0 Å². The van der Waals surface area contributed by atoms with Crippen molar-refractivity contribution in [2.24, 2.45) is 0 Å². The van der Waals surface area contributed by atoms with Crippen LogP contribution in [-0.2, 0) is 4.79 Å². The van der Waals surface area contributed by atoms with Crippen molar-refractivity contribution in [2.75, 3.05) is 25.5 Å². The fraction of sp³-hybridized carbons (Fsp3) is 0.417. The lowest BCUT2D eigenvalue weighted by molar-refractivity contribution is -0.105. The van der Waals surface area contributed by atoms with E-state index in [2.05, 4.69) is 29.4 Å². The Kier molecular flexibility index (Phi) is 3.02. The standard InChI is InChI=1S/C12H16N2O/c1-14-7-6-11(8-14)10-2-4-12(5-3-10)13-9-15/h2-5,9,11H,6-8H2,1H3,(H,13,15). The van der Waals surface area contributed by atoms with Gasteiger partial charge < -0.3 is 10.2 Å². The van der Waals surface area contributed by atoms with E-state index in [1.165, 1.54) is 18.5 Å². The summed E-state index contributed by atoms with van der Waals surface area (Å²) >= 11 is 0. The summed E-state index contributed by atoms with van der Waals surface area (Å²) in [6.45, 7) is 2.32. The Bertz CT molecular complexity index is 334. The maximum absolute atomic E-state index is 10.2. The van der Waals surface area contributed by atoms with Crippen LogP contribution in [-0.4, -0.2) is 31.4 Å². The molecule has 0 saturated carbocycles. The maximum atomic E-state index is 10.2. The average molecular weight is 204 g/mol. The van der Waals surface area contributed by atoms with E-state index in [9.17, 15) is 4.79 Å². The number of amides is 1. The molecule has 3 heteroatoms. The van der Waals surface area contributed by atoms with Gasteiger partial charge in [0.25, 0.3) is 0 Å². The number of carbonyl (C=O) groups is 1. The number of likely N-dealkylation sites (tertiary alicyclic amines) is 1. The molecular weight excluding hydrogens is 188 g/mol. The zero-order valence-electron chi connectivity index (χ0n) is 8.94. The van der Waals surface area contributed by atoms with Gasteiger partial charge >= 0.3 is 0 Å². The number of nitrogens with zero attached hydrogens (tertiary/aromatic N) is 1. The lowest BCUT2D eigenvalue weighted by Crippen LogP contribution is -2.13. The second kappa shape index (κ2) is 4.45. The van der Waals surface area contributed by atoms with Crippen molar-refractivity contribution in [3.05, 3.63) is 29.8 Å². The van der Waals surface area contributed by atoms with Crippen LogP contribution in [0.25, 0.3) is 0 Å². The van der Waals surface area contributed by atoms with Gasteiger partial charge in [0.05, 0.1) is 0 Å². The summed E-state index contributed by atoms with van der Waals surface area (Å²) in [5, 5.41) is 2.64. The fourth-order valence-corrected chi connectivity index (χ4v) is 2.13. The third kappa shape index (κ3) is 2.36. The molecule has 0 aromatic heterocycles. The van der Waals surface area contributed by atoms with Crippen molar-refractivity contribution in [1.29, 1.82) is 0 Å². The molecule has 15 heavy (non-hydrogen) atoms. The van der Waals surface area contributed by atoms with E-state index in [0.29, 0.717) is 12.3 Å². The molecule has 0 spiro atoms. The molecule has 1 fully saturated rings. The number of carbonyl (C=O) groups excluding carboxylic acids is 1. The SMILES string of the molecule is CN1CCC(c2ccc(NC=O)cc2)C1.